The Balaban J connectivity index is 1.61. The first-order valence-electron chi connectivity index (χ1n) is 9.88. The molecule has 2 aromatic carbocycles. The molecule has 0 saturated heterocycles. The van der Waals surface area contributed by atoms with Gasteiger partial charge < -0.3 is 9.47 Å². The quantitative estimate of drug-likeness (QED) is 0.249. The summed E-state index contributed by atoms with van der Waals surface area (Å²) < 4.78 is 11.2. The Morgan fingerprint density at radius 1 is 1.18 bits per heavy atom. The van der Waals surface area contributed by atoms with Gasteiger partial charge in [-0.2, -0.15) is 0 Å². The molecule has 1 aliphatic rings. The number of nitrogens with zero attached hydrogens (tertiary/aromatic N) is 3. The van der Waals surface area contributed by atoms with E-state index in [1.165, 1.54) is 23.5 Å². The lowest BCUT2D eigenvalue weighted by Crippen LogP contribution is -2.16. The van der Waals surface area contributed by atoms with Crippen LogP contribution in [-0.4, -0.2) is 34.0 Å². The van der Waals surface area contributed by atoms with E-state index in [-0.39, 0.29) is 29.5 Å². The molecule has 0 radical (unpaired) electrons. The van der Waals surface area contributed by atoms with Gasteiger partial charge in [0.2, 0.25) is 0 Å². The molecular formula is C21H17N3O7S2. The van der Waals surface area contributed by atoms with Crippen LogP contribution in [0.2, 0.25) is 0 Å². The Morgan fingerprint density at radius 3 is 2.73 bits per heavy atom. The van der Waals surface area contributed by atoms with E-state index in [9.17, 15) is 25.0 Å². The Kier molecular flexibility index (Phi) is 6.56. The van der Waals surface area contributed by atoms with Crippen LogP contribution in [0.5, 0.6) is 5.75 Å². The number of ether oxygens (including phenoxy) is 2. The number of non-ortho nitro benzene ring substituents is 1. The Bertz CT molecular complexity index is 1260. The maximum absolute atomic E-state index is 11.6. The molecule has 0 unspecified atom stereocenters. The number of aromatic nitrogens is 1. The molecular weight excluding hydrogens is 470 g/mol. The fourth-order valence-corrected chi connectivity index (χ4v) is 5.70. The van der Waals surface area contributed by atoms with E-state index in [0.717, 1.165) is 39.5 Å². The highest BCUT2D eigenvalue weighted by molar-refractivity contribution is 8.01. The molecule has 4 rings (SSSR count). The van der Waals surface area contributed by atoms with Crippen molar-refractivity contribution in [3.8, 4) is 17.0 Å². The van der Waals surface area contributed by atoms with Crippen LogP contribution in [0.15, 0.2) is 45.6 Å². The van der Waals surface area contributed by atoms with E-state index >= 15 is 0 Å². The number of nitro benzene ring substituents is 2. The third-order valence-corrected chi connectivity index (χ3v) is 7.11. The zero-order valence-electron chi connectivity index (χ0n) is 17.3. The normalized spacial score (nSPS) is 11.9. The summed E-state index contributed by atoms with van der Waals surface area (Å²) in [5, 5.41) is 22.4. The third kappa shape index (κ3) is 4.81. The van der Waals surface area contributed by atoms with E-state index in [4.69, 9.17) is 9.47 Å². The molecule has 3 aromatic rings. The van der Waals surface area contributed by atoms with Crippen molar-refractivity contribution in [2.75, 3.05) is 13.2 Å². The number of fused-ring (bicyclic) bond motifs is 3. The van der Waals surface area contributed by atoms with E-state index in [2.05, 4.69) is 4.98 Å². The summed E-state index contributed by atoms with van der Waals surface area (Å²) in [7, 11) is 0. The van der Waals surface area contributed by atoms with Gasteiger partial charge in [-0.25, -0.2) is 9.78 Å². The van der Waals surface area contributed by atoms with Gasteiger partial charge in [-0.15, -0.1) is 11.3 Å². The predicted octanol–water partition coefficient (Wildman–Crippen LogP) is 4.82. The van der Waals surface area contributed by atoms with E-state index in [1.807, 2.05) is 12.1 Å². The lowest BCUT2D eigenvalue weighted by atomic mass is 9.93. The van der Waals surface area contributed by atoms with Gasteiger partial charge >= 0.3 is 5.97 Å². The SMILES string of the molecule is CCOC(=O)COc1cccc2c1CCc1sc(Sc3ccc([N+](=O)[O-])cc3[N+](=O)[O-])nc1-2. The van der Waals surface area contributed by atoms with Crippen molar-refractivity contribution in [1.29, 1.82) is 0 Å². The van der Waals surface area contributed by atoms with Crippen molar-refractivity contribution in [3.05, 3.63) is 67.1 Å². The molecule has 0 bridgehead atoms. The number of benzene rings is 2. The van der Waals surface area contributed by atoms with Gasteiger partial charge in [-0.05, 0) is 31.9 Å². The van der Waals surface area contributed by atoms with Crippen LogP contribution in [-0.2, 0) is 22.4 Å². The second-order valence-electron chi connectivity index (χ2n) is 6.90. The Morgan fingerprint density at radius 2 is 2.00 bits per heavy atom. The monoisotopic (exact) mass is 487 g/mol. The molecule has 0 N–H and O–H groups in total. The number of carbonyl (C=O) groups is 1. The van der Waals surface area contributed by atoms with E-state index < -0.39 is 15.8 Å². The first kappa shape index (κ1) is 22.7. The number of aryl methyl sites for hydroxylation is 1. The molecule has 0 atom stereocenters. The summed E-state index contributed by atoms with van der Waals surface area (Å²) in [6, 6.07) is 9.11. The molecule has 0 fully saturated rings. The summed E-state index contributed by atoms with van der Waals surface area (Å²) in [4.78, 5) is 38.8. The van der Waals surface area contributed by atoms with Crippen LogP contribution in [0.4, 0.5) is 11.4 Å². The van der Waals surface area contributed by atoms with Crippen LogP contribution in [0.1, 0.15) is 17.4 Å². The highest BCUT2D eigenvalue weighted by Gasteiger charge is 2.26. The summed E-state index contributed by atoms with van der Waals surface area (Å²) in [5.41, 5.74) is 1.93. The van der Waals surface area contributed by atoms with E-state index in [1.54, 1.807) is 13.0 Å². The molecule has 10 nitrogen and oxygen atoms in total. The van der Waals surface area contributed by atoms with Crippen LogP contribution in [0.25, 0.3) is 11.3 Å². The maximum atomic E-state index is 11.6. The summed E-state index contributed by atoms with van der Waals surface area (Å²) >= 11 is 2.54. The molecule has 12 heteroatoms. The average molecular weight is 488 g/mol. The molecule has 0 aliphatic heterocycles. The smallest absolute Gasteiger partial charge is 0.344 e. The molecule has 1 aromatic heterocycles. The number of thiazole rings is 1. The van der Waals surface area contributed by atoms with Crippen molar-refractivity contribution in [1.82, 2.24) is 4.98 Å². The van der Waals surface area contributed by atoms with Crippen molar-refractivity contribution >= 4 is 40.4 Å². The fourth-order valence-electron chi connectivity index (χ4n) is 3.45. The van der Waals surface area contributed by atoms with Crippen LogP contribution in [0.3, 0.4) is 0 Å². The van der Waals surface area contributed by atoms with Gasteiger partial charge in [0.25, 0.3) is 11.4 Å². The van der Waals surface area contributed by atoms with Gasteiger partial charge in [-0.3, -0.25) is 20.2 Å². The van der Waals surface area contributed by atoms with Crippen LogP contribution in [0, 0.1) is 20.2 Å². The molecule has 0 spiro atoms. The minimum absolute atomic E-state index is 0.181. The molecule has 170 valence electrons. The first-order chi connectivity index (χ1) is 15.9. The molecule has 0 amide bonds. The van der Waals surface area contributed by atoms with Crippen molar-refractivity contribution in [2.45, 2.75) is 29.0 Å². The van der Waals surface area contributed by atoms with Gasteiger partial charge in [-0.1, -0.05) is 23.9 Å². The number of rotatable bonds is 8. The van der Waals surface area contributed by atoms with Crippen LogP contribution < -0.4 is 4.74 Å². The second kappa shape index (κ2) is 9.55. The lowest BCUT2D eigenvalue weighted by Gasteiger charge is -2.18. The first-order valence-corrected chi connectivity index (χ1v) is 11.5. The van der Waals surface area contributed by atoms with Crippen molar-refractivity contribution in [3.63, 3.8) is 0 Å². The lowest BCUT2D eigenvalue weighted by molar-refractivity contribution is -0.396. The predicted molar refractivity (Wildman–Crippen MR) is 121 cm³/mol. The highest BCUT2D eigenvalue weighted by Crippen LogP contribution is 2.45. The number of hydrogen-bond acceptors (Lipinski definition) is 10. The molecule has 33 heavy (non-hydrogen) atoms. The average Bonchev–Trinajstić information content (AvgIpc) is 3.20. The zero-order valence-corrected chi connectivity index (χ0v) is 18.9. The number of carbonyl (C=O) groups excluding carboxylic acids is 1. The summed E-state index contributed by atoms with van der Waals surface area (Å²) in [6.45, 7) is 1.83. The van der Waals surface area contributed by atoms with Gasteiger partial charge in [0.05, 0.1) is 33.1 Å². The third-order valence-electron chi connectivity index (χ3n) is 4.87. The van der Waals surface area contributed by atoms with Crippen LogP contribution >= 0.6 is 23.1 Å². The van der Waals surface area contributed by atoms with Gasteiger partial charge in [0.15, 0.2) is 10.9 Å². The maximum Gasteiger partial charge on any atom is 0.344 e. The number of hydrogen-bond donors (Lipinski definition) is 0. The Labute approximate surface area is 195 Å². The largest absolute Gasteiger partial charge is 0.482 e. The topological polar surface area (TPSA) is 135 Å². The molecule has 0 saturated carbocycles. The minimum Gasteiger partial charge on any atom is -0.482 e. The van der Waals surface area contributed by atoms with E-state index in [0.29, 0.717) is 22.9 Å². The minimum atomic E-state index is -0.665. The zero-order chi connectivity index (χ0) is 23.5. The number of nitro groups is 2. The Hall–Kier alpha value is -3.51. The number of esters is 1. The molecule has 1 aliphatic carbocycles. The summed E-state index contributed by atoms with van der Waals surface area (Å²) in [5.74, 6) is 0.156. The second-order valence-corrected chi connectivity index (χ2v) is 9.27. The fraction of sp³-hybridized carbons (Fsp3) is 0.238. The standard InChI is InChI=1S/C21H17N3O7S2/c1-2-30-19(25)11-31-16-5-3-4-14-13(16)7-9-18-20(14)22-21(33-18)32-17-8-6-12(23(26)27)10-15(17)24(28)29/h3-6,8,10H,2,7,9,11H2,1H3. The highest BCUT2D eigenvalue weighted by atomic mass is 32.2. The van der Waals surface area contributed by atoms with Gasteiger partial charge in [0, 0.05) is 22.1 Å². The van der Waals surface area contributed by atoms with Crippen molar-refractivity contribution < 1.29 is 24.1 Å². The summed E-state index contributed by atoms with van der Waals surface area (Å²) in [6.07, 6.45) is 1.41. The van der Waals surface area contributed by atoms with Crippen molar-refractivity contribution in [2.24, 2.45) is 0 Å². The molecule has 1 heterocycles. The van der Waals surface area contributed by atoms with Gasteiger partial charge in [0.1, 0.15) is 5.75 Å².